The SMILES string of the molecule is O=C(c1ccc2c(c1)no[n+]2[O-])N1CCC[C@H](Nc2ccc3c(c2)OCO3)C1. The predicted octanol–water partition coefficient (Wildman–Crippen LogP) is 1.91. The number of carbonyl (C=O) groups excluding carboxylic acids is 1. The first-order chi connectivity index (χ1) is 13.7. The lowest BCUT2D eigenvalue weighted by atomic mass is 10.0. The molecule has 2 aromatic carbocycles. The molecule has 28 heavy (non-hydrogen) atoms. The summed E-state index contributed by atoms with van der Waals surface area (Å²) in [6.07, 6.45) is 1.87. The molecule has 144 valence electrons. The number of nitrogens with one attached hydrogen (secondary N) is 1. The fourth-order valence-corrected chi connectivity index (χ4v) is 3.69. The zero-order valence-corrected chi connectivity index (χ0v) is 15.0. The Morgan fingerprint density at radius 3 is 3.04 bits per heavy atom. The van der Waals surface area contributed by atoms with Gasteiger partial charge in [0.05, 0.1) is 0 Å². The van der Waals surface area contributed by atoms with Crippen molar-refractivity contribution in [1.29, 1.82) is 0 Å². The molecule has 2 aliphatic rings. The summed E-state index contributed by atoms with van der Waals surface area (Å²) >= 11 is 0. The zero-order chi connectivity index (χ0) is 19.1. The van der Waals surface area contributed by atoms with E-state index < -0.39 is 0 Å². The van der Waals surface area contributed by atoms with Gasteiger partial charge in [0.15, 0.2) is 11.5 Å². The van der Waals surface area contributed by atoms with Gasteiger partial charge in [0, 0.05) is 47.7 Å². The maximum atomic E-state index is 12.9. The lowest BCUT2D eigenvalue weighted by Crippen LogP contribution is -2.45. The number of hydrogen-bond donors (Lipinski definition) is 1. The fraction of sp³-hybridized carbons (Fsp3) is 0.316. The highest BCUT2D eigenvalue weighted by Crippen LogP contribution is 2.34. The van der Waals surface area contributed by atoms with Gasteiger partial charge in [0.1, 0.15) is 0 Å². The number of piperidine rings is 1. The summed E-state index contributed by atoms with van der Waals surface area (Å²) in [6, 6.07) is 10.7. The molecule has 9 heteroatoms. The smallest absolute Gasteiger partial charge is 0.254 e. The maximum absolute atomic E-state index is 12.9. The number of likely N-dealkylation sites (tertiary alicyclic amines) is 1. The van der Waals surface area contributed by atoms with Crippen LogP contribution in [0.1, 0.15) is 23.2 Å². The normalized spacial score (nSPS) is 18.4. The molecule has 9 nitrogen and oxygen atoms in total. The molecule has 0 radical (unpaired) electrons. The van der Waals surface area contributed by atoms with Crippen molar-refractivity contribution >= 4 is 22.6 Å². The Morgan fingerprint density at radius 1 is 1.21 bits per heavy atom. The van der Waals surface area contributed by atoms with E-state index in [2.05, 4.69) is 15.1 Å². The Balaban J connectivity index is 1.29. The summed E-state index contributed by atoms with van der Waals surface area (Å²) in [4.78, 5) is 15.1. The highest BCUT2D eigenvalue weighted by Gasteiger charge is 2.26. The molecule has 0 aliphatic carbocycles. The van der Waals surface area contributed by atoms with Crippen LogP contribution in [0.4, 0.5) is 5.69 Å². The summed E-state index contributed by atoms with van der Waals surface area (Å²) in [6.45, 7) is 1.52. The number of amides is 1. The summed E-state index contributed by atoms with van der Waals surface area (Å²) in [5, 5.41) is 18.6. The molecule has 5 rings (SSSR count). The van der Waals surface area contributed by atoms with Crippen LogP contribution in [0.25, 0.3) is 11.0 Å². The van der Waals surface area contributed by atoms with Gasteiger partial charge in [-0.2, -0.15) is 0 Å². The summed E-state index contributed by atoms with van der Waals surface area (Å²) < 4.78 is 15.3. The average Bonchev–Trinajstić information content (AvgIpc) is 3.33. The van der Waals surface area contributed by atoms with Crippen LogP contribution < -0.4 is 19.7 Å². The average molecular weight is 382 g/mol. The summed E-state index contributed by atoms with van der Waals surface area (Å²) in [5.74, 6) is 1.39. The third-order valence-corrected chi connectivity index (χ3v) is 5.08. The van der Waals surface area contributed by atoms with E-state index in [1.165, 1.54) is 0 Å². The Morgan fingerprint density at radius 2 is 2.11 bits per heavy atom. The van der Waals surface area contributed by atoms with Crippen LogP contribution in [0, 0.1) is 5.21 Å². The van der Waals surface area contributed by atoms with Gasteiger partial charge in [-0.1, -0.05) is 0 Å². The molecule has 0 unspecified atom stereocenters. The third-order valence-electron chi connectivity index (χ3n) is 5.08. The van der Waals surface area contributed by atoms with Crippen LogP contribution in [0.3, 0.4) is 0 Å². The second-order valence-electron chi connectivity index (χ2n) is 6.94. The van der Waals surface area contributed by atoms with Gasteiger partial charge < -0.3 is 24.9 Å². The minimum absolute atomic E-state index is 0.0838. The van der Waals surface area contributed by atoms with Crippen LogP contribution in [0.2, 0.25) is 0 Å². The van der Waals surface area contributed by atoms with E-state index >= 15 is 0 Å². The first-order valence-corrected chi connectivity index (χ1v) is 9.12. The van der Waals surface area contributed by atoms with Crippen molar-refractivity contribution in [3.63, 3.8) is 0 Å². The molecule has 1 fully saturated rings. The largest absolute Gasteiger partial charge is 0.454 e. The number of aromatic nitrogens is 2. The van der Waals surface area contributed by atoms with Crippen molar-refractivity contribution in [2.24, 2.45) is 0 Å². The minimum atomic E-state index is -0.0838. The monoisotopic (exact) mass is 382 g/mol. The second-order valence-corrected chi connectivity index (χ2v) is 6.94. The maximum Gasteiger partial charge on any atom is 0.254 e. The topological polar surface area (TPSA) is 104 Å². The van der Waals surface area contributed by atoms with Gasteiger partial charge in [0.25, 0.3) is 5.91 Å². The van der Waals surface area contributed by atoms with Gasteiger partial charge in [-0.25, -0.2) is 0 Å². The number of fused-ring (bicyclic) bond motifs is 2. The van der Waals surface area contributed by atoms with Gasteiger partial charge in [-0.05, 0) is 42.0 Å². The molecule has 1 aromatic heterocycles. The van der Waals surface area contributed by atoms with Crippen LogP contribution >= 0.6 is 0 Å². The number of hydrogen-bond acceptors (Lipinski definition) is 7. The molecule has 1 atom stereocenters. The van der Waals surface area contributed by atoms with E-state index in [0.29, 0.717) is 34.6 Å². The molecular formula is C19H18N4O5. The molecular weight excluding hydrogens is 364 g/mol. The van der Waals surface area contributed by atoms with Crippen molar-refractivity contribution in [1.82, 2.24) is 10.1 Å². The van der Waals surface area contributed by atoms with Crippen LogP contribution in [-0.2, 0) is 0 Å². The highest BCUT2D eigenvalue weighted by atomic mass is 16.8. The minimum Gasteiger partial charge on any atom is -0.454 e. The van der Waals surface area contributed by atoms with E-state index in [1.807, 2.05) is 23.1 Å². The van der Waals surface area contributed by atoms with Gasteiger partial charge in [-0.3, -0.25) is 9.42 Å². The fourth-order valence-electron chi connectivity index (χ4n) is 3.69. The van der Waals surface area contributed by atoms with E-state index in [9.17, 15) is 10.0 Å². The number of rotatable bonds is 3. The molecule has 3 aromatic rings. The van der Waals surface area contributed by atoms with Crippen LogP contribution in [-0.4, -0.2) is 41.9 Å². The lowest BCUT2D eigenvalue weighted by molar-refractivity contribution is -0.782. The third kappa shape index (κ3) is 2.94. The number of ether oxygens (including phenoxy) is 2. The Bertz CT molecular complexity index is 1050. The molecule has 0 spiro atoms. The number of nitrogens with zero attached hydrogens (tertiary/aromatic N) is 3. The zero-order valence-electron chi connectivity index (χ0n) is 15.0. The van der Waals surface area contributed by atoms with E-state index in [0.717, 1.165) is 30.0 Å². The summed E-state index contributed by atoms with van der Waals surface area (Å²) in [7, 11) is 0. The lowest BCUT2D eigenvalue weighted by Gasteiger charge is -2.33. The van der Waals surface area contributed by atoms with Crippen molar-refractivity contribution in [3.05, 3.63) is 47.2 Å². The van der Waals surface area contributed by atoms with E-state index in [1.54, 1.807) is 18.2 Å². The van der Waals surface area contributed by atoms with Crippen LogP contribution in [0.15, 0.2) is 41.0 Å². The van der Waals surface area contributed by atoms with Crippen molar-refractivity contribution in [2.45, 2.75) is 18.9 Å². The van der Waals surface area contributed by atoms with E-state index in [-0.39, 0.29) is 18.7 Å². The summed E-state index contributed by atoms with van der Waals surface area (Å²) in [5.41, 5.74) is 2.10. The standard InChI is InChI=1S/C19H18N4O5/c24-19(12-3-5-16-15(8-12)21-28-23(16)25)22-7-1-2-14(10-22)20-13-4-6-17-18(9-13)27-11-26-17/h3-6,8-9,14,20H,1-2,7,10-11H2/t14-/m0/s1. The molecule has 0 bridgehead atoms. The van der Waals surface area contributed by atoms with Crippen molar-refractivity contribution in [2.75, 3.05) is 25.2 Å². The van der Waals surface area contributed by atoms with Crippen LogP contribution in [0.5, 0.6) is 11.5 Å². The molecule has 1 saturated heterocycles. The second kappa shape index (κ2) is 6.59. The predicted molar refractivity (Wildman–Crippen MR) is 98.1 cm³/mol. The number of carbonyl (C=O) groups is 1. The Labute approximate surface area is 160 Å². The molecule has 2 aliphatic heterocycles. The highest BCUT2D eigenvalue weighted by molar-refractivity contribution is 5.97. The quantitative estimate of drug-likeness (QED) is 0.690. The molecule has 3 heterocycles. The number of benzene rings is 2. The van der Waals surface area contributed by atoms with Gasteiger partial charge in [-0.15, -0.1) is 0 Å². The van der Waals surface area contributed by atoms with E-state index in [4.69, 9.17) is 9.47 Å². The molecule has 0 saturated carbocycles. The Kier molecular flexibility index (Phi) is 3.92. The van der Waals surface area contributed by atoms with Gasteiger partial charge in [0.2, 0.25) is 17.8 Å². The first-order valence-electron chi connectivity index (χ1n) is 9.12. The van der Waals surface area contributed by atoms with Crippen molar-refractivity contribution < 1.29 is 23.8 Å². The Hall–Kier alpha value is -3.49. The first kappa shape index (κ1) is 16.7. The molecule has 1 N–H and O–H groups in total. The van der Waals surface area contributed by atoms with Crippen molar-refractivity contribution in [3.8, 4) is 11.5 Å². The molecule has 1 amide bonds. The number of anilines is 1. The van der Waals surface area contributed by atoms with Gasteiger partial charge >= 0.3 is 0 Å².